The van der Waals surface area contributed by atoms with Crippen LogP contribution in [0.2, 0.25) is 0 Å². The van der Waals surface area contributed by atoms with Gasteiger partial charge in [0, 0.05) is 16.1 Å². The van der Waals surface area contributed by atoms with Crippen molar-refractivity contribution < 1.29 is 9.15 Å². The lowest BCUT2D eigenvalue weighted by molar-refractivity contribution is 0.415. The fourth-order valence-corrected chi connectivity index (χ4v) is 4.74. The molecule has 9 heteroatoms. The van der Waals surface area contributed by atoms with Gasteiger partial charge in [-0.25, -0.2) is 9.78 Å². The molecular weight excluding hydrogens is 522 g/mol. The molecule has 0 aliphatic heterocycles. The van der Waals surface area contributed by atoms with E-state index in [4.69, 9.17) is 9.15 Å². The molecule has 0 aliphatic rings. The maximum atomic E-state index is 12.5. The number of benzene rings is 2. The van der Waals surface area contributed by atoms with Gasteiger partial charge < -0.3 is 9.15 Å². The molecule has 0 saturated heterocycles. The molecule has 2 aromatic heterocycles. The molecule has 6 nitrogen and oxygen atoms in total. The first kappa shape index (κ1) is 19.8. The first-order valence-electron chi connectivity index (χ1n) is 8.36. The Morgan fingerprint density at radius 2 is 2.00 bits per heavy atom. The molecule has 0 atom stereocenters. The lowest BCUT2D eigenvalue weighted by Gasteiger charge is -2.03. The number of thiazole rings is 1. The van der Waals surface area contributed by atoms with E-state index in [1.807, 2.05) is 36.4 Å². The molecule has 0 fully saturated rings. The highest BCUT2D eigenvalue weighted by atomic mass is 79.9. The largest absolute Gasteiger partial charge is 0.497 e. The van der Waals surface area contributed by atoms with E-state index in [0.717, 1.165) is 21.2 Å². The summed E-state index contributed by atoms with van der Waals surface area (Å²) in [6.45, 7) is 0. The van der Waals surface area contributed by atoms with Crippen LogP contribution in [0.15, 0.2) is 71.9 Å². The summed E-state index contributed by atoms with van der Waals surface area (Å²) in [5, 5.41) is 5.56. The van der Waals surface area contributed by atoms with Crippen LogP contribution in [0.3, 0.4) is 0 Å². The molecule has 0 radical (unpaired) electrons. The number of rotatable bonds is 5. The zero-order valence-corrected chi connectivity index (χ0v) is 19.0. The van der Waals surface area contributed by atoms with Crippen LogP contribution in [-0.2, 0) is 0 Å². The quantitative estimate of drug-likeness (QED) is 0.196. The van der Waals surface area contributed by atoms with Crippen LogP contribution in [0.5, 0.6) is 5.75 Å². The molecule has 0 bridgehead atoms. The van der Waals surface area contributed by atoms with E-state index in [2.05, 4.69) is 47.4 Å². The van der Waals surface area contributed by atoms with Gasteiger partial charge in [-0.3, -0.25) is 5.43 Å². The van der Waals surface area contributed by atoms with Crippen LogP contribution in [0.1, 0.15) is 5.56 Å². The zero-order chi connectivity index (χ0) is 20.4. The normalized spacial score (nSPS) is 11.3. The molecule has 2 heterocycles. The highest BCUT2D eigenvalue weighted by Crippen LogP contribution is 2.32. The first-order valence-corrected chi connectivity index (χ1v) is 10.8. The summed E-state index contributed by atoms with van der Waals surface area (Å²) in [7, 11) is 1.62. The van der Waals surface area contributed by atoms with Gasteiger partial charge in [-0.2, -0.15) is 5.10 Å². The molecular formula is C20H13Br2N3O3S. The maximum Gasteiger partial charge on any atom is 0.345 e. The van der Waals surface area contributed by atoms with Gasteiger partial charge in [0.2, 0.25) is 5.13 Å². The smallest absolute Gasteiger partial charge is 0.345 e. The Bertz CT molecular complexity index is 1270. The van der Waals surface area contributed by atoms with Crippen molar-refractivity contribution in [2.45, 2.75) is 0 Å². The molecule has 29 heavy (non-hydrogen) atoms. The fourth-order valence-electron chi connectivity index (χ4n) is 2.63. The van der Waals surface area contributed by atoms with Gasteiger partial charge in [0.25, 0.3) is 0 Å². The van der Waals surface area contributed by atoms with Gasteiger partial charge in [0.15, 0.2) is 5.58 Å². The maximum absolute atomic E-state index is 12.5. The van der Waals surface area contributed by atoms with Gasteiger partial charge in [-0.15, -0.1) is 0 Å². The Hall–Kier alpha value is -2.49. The summed E-state index contributed by atoms with van der Waals surface area (Å²) in [6.07, 6.45) is 3.31. The lowest BCUT2D eigenvalue weighted by atomic mass is 10.2. The molecule has 0 spiro atoms. The summed E-state index contributed by atoms with van der Waals surface area (Å²) in [6, 6.07) is 13.0. The Labute approximate surface area is 186 Å². The predicted octanol–water partition coefficient (Wildman–Crippen LogP) is 5.90. The van der Waals surface area contributed by atoms with Gasteiger partial charge in [-0.05, 0) is 64.0 Å². The first-order chi connectivity index (χ1) is 14.0. The lowest BCUT2D eigenvalue weighted by Crippen LogP contribution is -2.01. The Morgan fingerprint density at radius 1 is 1.21 bits per heavy atom. The molecule has 4 rings (SSSR count). The second kappa shape index (κ2) is 8.48. The number of fused-ring (bicyclic) bond motifs is 1. The van der Waals surface area contributed by atoms with Gasteiger partial charge in [0.1, 0.15) is 5.75 Å². The minimum Gasteiger partial charge on any atom is -0.497 e. The van der Waals surface area contributed by atoms with E-state index in [9.17, 15) is 4.79 Å². The highest BCUT2D eigenvalue weighted by molar-refractivity contribution is 9.11. The molecule has 1 N–H and O–H groups in total. The van der Waals surface area contributed by atoms with Gasteiger partial charge >= 0.3 is 5.63 Å². The van der Waals surface area contributed by atoms with Crippen LogP contribution in [0.4, 0.5) is 5.13 Å². The number of nitrogens with one attached hydrogen (secondary N) is 1. The number of hydrogen-bond acceptors (Lipinski definition) is 7. The average molecular weight is 535 g/mol. The molecule has 0 amide bonds. The number of nitrogens with zero attached hydrogens (tertiary/aromatic N) is 2. The highest BCUT2D eigenvalue weighted by Gasteiger charge is 2.13. The van der Waals surface area contributed by atoms with Crippen LogP contribution in [0.25, 0.3) is 21.4 Å². The zero-order valence-electron chi connectivity index (χ0n) is 15.0. The predicted molar refractivity (Wildman–Crippen MR) is 123 cm³/mol. The standard InChI is InChI=1S/C20H13Br2N3O3S/c1-27-14-4-2-11(3-5-14)9-24-25-20-23-10-17(29-20)15-7-12-6-13(21)8-16(22)18(12)28-19(15)26/h2-10H,1H3,(H,23,25)/b24-9+. The van der Waals surface area contributed by atoms with E-state index < -0.39 is 5.63 Å². The molecule has 4 aromatic rings. The molecule has 0 aliphatic carbocycles. The van der Waals surface area contributed by atoms with E-state index >= 15 is 0 Å². The minimum atomic E-state index is -0.419. The Morgan fingerprint density at radius 3 is 2.76 bits per heavy atom. The third kappa shape index (κ3) is 4.42. The number of halogens is 2. The van der Waals surface area contributed by atoms with Crippen LogP contribution >= 0.6 is 43.2 Å². The van der Waals surface area contributed by atoms with E-state index in [1.54, 1.807) is 25.6 Å². The topological polar surface area (TPSA) is 76.7 Å². The monoisotopic (exact) mass is 533 g/mol. The van der Waals surface area contributed by atoms with Crippen molar-refractivity contribution >= 4 is 65.5 Å². The third-order valence-corrected chi connectivity index (χ3v) is 5.99. The molecule has 2 aromatic carbocycles. The third-order valence-electron chi connectivity index (χ3n) is 4.01. The summed E-state index contributed by atoms with van der Waals surface area (Å²) in [5.41, 5.74) is 4.34. The summed E-state index contributed by atoms with van der Waals surface area (Å²) < 4.78 is 12.2. The fraction of sp³-hybridized carbons (Fsp3) is 0.0500. The van der Waals surface area contributed by atoms with Crippen molar-refractivity contribution in [3.63, 3.8) is 0 Å². The number of anilines is 1. The van der Waals surface area contributed by atoms with E-state index in [0.29, 0.717) is 25.6 Å². The number of hydrazone groups is 1. The Kier molecular flexibility index (Phi) is 5.79. The van der Waals surface area contributed by atoms with Crippen molar-refractivity contribution in [2.24, 2.45) is 5.10 Å². The SMILES string of the molecule is COc1ccc(/C=N/Nc2ncc(-c3cc4cc(Br)cc(Br)c4oc3=O)s2)cc1. The number of methoxy groups -OCH3 is 1. The van der Waals surface area contributed by atoms with Crippen LogP contribution in [-0.4, -0.2) is 18.3 Å². The van der Waals surface area contributed by atoms with Crippen molar-refractivity contribution in [1.82, 2.24) is 4.98 Å². The van der Waals surface area contributed by atoms with Crippen molar-refractivity contribution in [3.05, 3.63) is 73.6 Å². The molecule has 0 saturated carbocycles. The summed E-state index contributed by atoms with van der Waals surface area (Å²) in [4.78, 5) is 17.4. The van der Waals surface area contributed by atoms with Crippen molar-refractivity contribution in [1.29, 1.82) is 0 Å². The Balaban J connectivity index is 1.56. The second-order valence-corrected chi connectivity index (χ2v) is 8.73. The molecule has 0 unspecified atom stereocenters. The van der Waals surface area contributed by atoms with E-state index in [-0.39, 0.29) is 0 Å². The minimum absolute atomic E-state index is 0.419. The molecule has 146 valence electrons. The van der Waals surface area contributed by atoms with Crippen LogP contribution < -0.4 is 15.8 Å². The van der Waals surface area contributed by atoms with Crippen molar-refractivity contribution in [2.75, 3.05) is 12.5 Å². The van der Waals surface area contributed by atoms with E-state index in [1.165, 1.54) is 11.3 Å². The van der Waals surface area contributed by atoms with Crippen LogP contribution in [0, 0.1) is 0 Å². The number of ether oxygens (including phenoxy) is 1. The van der Waals surface area contributed by atoms with Gasteiger partial charge in [0.05, 0.1) is 28.2 Å². The van der Waals surface area contributed by atoms with Gasteiger partial charge in [-0.1, -0.05) is 27.3 Å². The number of aromatic nitrogens is 1. The summed E-state index contributed by atoms with van der Waals surface area (Å²) in [5.74, 6) is 0.785. The summed E-state index contributed by atoms with van der Waals surface area (Å²) >= 11 is 8.19. The average Bonchev–Trinajstić information content (AvgIpc) is 3.17. The van der Waals surface area contributed by atoms with Crippen molar-refractivity contribution in [3.8, 4) is 16.2 Å². The number of hydrogen-bond donors (Lipinski definition) is 1. The second-order valence-electron chi connectivity index (χ2n) is 5.93.